The summed E-state index contributed by atoms with van der Waals surface area (Å²) in [5, 5.41) is 4.47. The molecular weight excluding hydrogens is 422 g/mol. The van der Waals surface area contributed by atoms with E-state index in [0.29, 0.717) is 29.8 Å². The molecule has 0 aromatic heterocycles. The minimum Gasteiger partial charge on any atom is -0.283 e. The van der Waals surface area contributed by atoms with Gasteiger partial charge in [0.25, 0.3) is 0 Å². The Balaban J connectivity index is 2.05. The number of hydrazone groups is 1. The average Bonchev–Trinajstić information content (AvgIpc) is 3.15. The Morgan fingerprint density at radius 1 is 1.03 bits per heavy atom. The van der Waals surface area contributed by atoms with Crippen LogP contribution in [0, 0.1) is 6.92 Å². The van der Waals surface area contributed by atoms with E-state index in [1.54, 1.807) is 31.2 Å². The molecular formula is C21H27N3O4S2. The largest absolute Gasteiger partial charge is 0.283 e. The van der Waals surface area contributed by atoms with Crippen LogP contribution in [-0.4, -0.2) is 38.5 Å². The van der Waals surface area contributed by atoms with Gasteiger partial charge in [0.1, 0.15) is 0 Å². The highest BCUT2D eigenvalue weighted by Gasteiger charge is 2.36. The summed E-state index contributed by atoms with van der Waals surface area (Å²) in [6.07, 6.45) is 0.841. The van der Waals surface area contributed by atoms with E-state index >= 15 is 0 Å². The zero-order valence-electron chi connectivity index (χ0n) is 17.4. The molecule has 0 saturated heterocycles. The van der Waals surface area contributed by atoms with Gasteiger partial charge in [0.2, 0.25) is 20.0 Å². The molecule has 1 heterocycles. The van der Waals surface area contributed by atoms with Crippen LogP contribution in [0.5, 0.6) is 0 Å². The maximum Gasteiger partial charge on any atom is 0.250 e. The Kier molecular flexibility index (Phi) is 6.52. The lowest BCUT2D eigenvalue weighted by Gasteiger charge is -2.23. The van der Waals surface area contributed by atoms with Gasteiger partial charge in [0, 0.05) is 12.0 Å². The van der Waals surface area contributed by atoms with Crippen LogP contribution in [-0.2, 0) is 20.0 Å². The maximum atomic E-state index is 12.9. The summed E-state index contributed by atoms with van der Waals surface area (Å²) in [5.41, 5.74) is 3.46. The second-order valence-electron chi connectivity index (χ2n) is 7.32. The van der Waals surface area contributed by atoms with E-state index in [4.69, 9.17) is 0 Å². The molecule has 3 rings (SSSR count). The Labute approximate surface area is 178 Å². The van der Waals surface area contributed by atoms with Crippen molar-refractivity contribution in [1.82, 2.24) is 4.41 Å². The maximum absolute atomic E-state index is 12.9. The minimum absolute atomic E-state index is 0.00372. The van der Waals surface area contributed by atoms with Crippen LogP contribution in [0.3, 0.4) is 0 Å². The monoisotopic (exact) mass is 449 g/mol. The summed E-state index contributed by atoms with van der Waals surface area (Å²) in [6.45, 7) is 5.35. The zero-order chi connectivity index (χ0) is 21.9. The lowest BCUT2D eigenvalue weighted by atomic mass is 9.98. The van der Waals surface area contributed by atoms with Crippen LogP contribution in [0.1, 0.15) is 49.4 Å². The topological polar surface area (TPSA) is 95.9 Å². The van der Waals surface area contributed by atoms with Gasteiger partial charge in [0.15, 0.2) is 0 Å². The SMILES string of the molecule is CCCS(=O)(=O)N1N=C(c2ccccc2NS(=O)(=O)CC)CC1c1ccc(C)cc1. The standard InChI is InChI=1S/C21H27N3O4S2/c1-4-14-30(27,28)24-21(17-12-10-16(3)11-13-17)15-20(22-24)18-8-6-7-9-19(18)23-29(25,26)5-2/h6-13,21,23H,4-5,14-15H2,1-3H3. The molecule has 1 unspecified atom stereocenters. The van der Waals surface area contributed by atoms with Crippen molar-refractivity contribution >= 4 is 31.4 Å². The second-order valence-corrected chi connectivity index (χ2v) is 11.3. The van der Waals surface area contributed by atoms with E-state index in [-0.39, 0.29) is 11.5 Å². The number of para-hydroxylation sites is 1. The summed E-state index contributed by atoms with van der Waals surface area (Å²) >= 11 is 0. The molecule has 2 aromatic rings. The molecule has 7 nitrogen and oxygen atoms in total. The zero-order valence-corrected chi connectivity index (χ0v) is 19.0. The number of hydrogen-bond acceptors (Lipinski definition) is 5. The first-order chi connectivity index (χ1) is 14.2. The molecule has 0 amide bonds. The van der Waals surface area contributed by atoms with E-state index in [1.165, 1.54) is 4.41 Å². The average molecular weight is 450 g/mol. The number of nitrogens with zero attached hydrogens (tertiary/aromatic N) is 2. The van der Waals surface area contributed by atoms with Crippen molar-refractivity contribution in [2.45, 2.75) is 39.7 Å². The van der Waals surface area contributed by atoms with Gasteiger partial charge in [0.05, 0.1) is 28.9 Å². The summed E-state index contributed by atoms with van der Waals surface area (Å²) < 4.78 is 53.8. The molecule has 9 heteroatoms. The molecule has 0 fully saturated rings. The van der Waals surface area contributed by atoms with Crippen molar-refractivity contribution < 1.29 is 16.8 Å². The third-order valence-electron chi connectivity index (χ3n) is 4.97. The summed E-state index contributed by atoms with van der Waals surface area (Å²) in [7, 11) is -7.09. The van der Waals surface area contributed by atoms with Crippen molar-refractivity contribution in [2.24, 2.45) is 5.10 Å². The first-order valence-electron chi connectivity index (χ1n) is 9.93. The van der Waals surface area contributed by atoms with Gasteiger partial charge >= 0.3 is 0 Å². The van der Waals surface area contributed by atoms with Crippen LogP contribution in [0.4, 0.5) is 5.69 Å². The van der Waals surface area contributed by atoms with Crippen LogP contribution in [0.25, 0.3) is 0 Å². The third-order valence-corrected chi connectivity index (χ3v) is 8.09. The van der Waals surface area contributed by atoms with Crippen LogP contribution < -0.4 is 4.72 Å². The Hall–Kier alpha value is -2.39. The Morgan fingerprint density at radius 2 is 1.70 bits per heavy atom. The van der Waals surface area contributed by atoms with Gasteiger partial charge < -0.3 is 0 Å². The molecule has 0 radical (unpaired) electrons. The van der Waals surface area contributed by atoms with E-state index in [2.05, 4.69) is 9.82 Å². The Bertz CT molecular complexity index is 1140. The number of hydrogen-bond donors (Lipinski definition) is 1. The predicted molar refractivity (Wildman–Crippen MR) is 121 cm³/mol. The molecule has 0 aliphatic carbocycles. The van der Waals surface area contributed by atoms with Crippen molar-refractivity contribution in [2.75, 3.05) is 16.2 Å². The molecule has 2 aromatic carbocycles. The second kappa shape index (κ2) is 8.77. The molecule has 30 heavy (non-hydrogen) atoms. The molecule has 0 saturated carbocycles. The van der Waals surface area contributed by atoms with E-state index in [0.717, 1.165) is 11.1 Å². The highest BCUT2D eigenvalue weighted by atomic mass is 32.2. The normalized spacial score (nSPS) is 17.1. The molecule has 162 valence electrons. The predicted octanol–water partition coefficient (Wildman–Crippen LogP) is 3.65. The molecule has 1 N–H and O–H groups in total. The first-order valence-corrected chi connectivity index (χ1v) is 13.2. The summed E-state index contributed by atoms with van der Waals surface area (Å²) in [5.74, 6) is -0.0624. The lowest BCUT2D eigenvalue weighted by Crippen LogP contribution is -2.29. The summed E-state index contributed by atoms with van der Waals surface area (Å²) in [6, 6.07) is 14.2. The molecule has 1 atom stereocenters. The van der Waals surface area contributed by atoms with E-state index in [9.17, 15) is 16.8 Å². The van der Waals surface area contributed by atoms with E-state index < -0.39 is 26.1 Å². The van der Waals surface area contributed by atoms with Gasteiger partial charge in [-0.1, -0.05) is 55.0 Å². The molecule has 1 aliphatic heterocycles. The highest BCUT2D eigenvalue weighted by molar-refractivity contribution is 7.92. The number of sulfonamides is 2. The van der Waals surface area contributed by atoms with Gasteiger partial charge in [-0.15, -0.1) is 0 Å². The minimum atomic E-state index is -3.60. The van der Waals surface area contributed by atoms with Crippen molar-refractivity contribution in [3.05, 3.63) is 65.2 Å². The van der Waals surface area contributed by atoms with Crippen LogP contribution in [0.2, 0.25) is 0 Å². The summed E-state index contributed by atoms with van der Waals surface area (Å²) in [4.78, 5) is 0. The lowest BCUT2D eigenvalue weighted by molar-refractivity contribution is 0.371. The smallest absolute Gasteiger partial charge is 0.250 e. The third kappa shape index (κ3) is 4.84. The fourth-order valence-electron chi connectivity index (χ4n) is 3.36. The quantitative estimate of drug-likeness (QED) is 0.665. The van der Waals surface area contributed by atoms with Crippen LogP contribution in [0.15, 0.2) is 53.6 Å². The van der Waals surface area contributed by atoms with E-state index in [1.807, 2.05) is 38.1 Å². The van der Waals surface area contributed by atoms with Gasteiger partial charge in [-0.3, -0.25) is 4.72 Å². The van der Waals surface area contributed by atoms with Crippen LogP contribution >= 0.6 is 0 Å². The Morgan fingerprint density at radius 3 is 2.33 bits per heavy atom. The highest BCUT2D eigenvalue weighted by Crippen LogP contribution is 2.36. The van der Waals surface area contributed by atoms with Crippen molar-refractivity contribution in [1.29, 1.82) is 0 Å². The number of nitrogens with one attached hydrogen (secondary N) is 1. The number of aryl methyl sites for hydroxylation is 1. The molecule has 0 spiro atoms. The first kappa shape index (κ1) is 22.3. The van der Waals surface area contributed by atoms with Gasteiger partial charge in [-0.2, -0.15) is 9.52 Å². The fraction of sp³-hybridized carbons (Fsp3) is 0.381. The number of rotatable bonds is 8. The van der Waals surface area contributed by atoms with Gasteiger partial charge in [-0.05, 0) is 31.9 Å². The number of anilines is 1. The fourth-order valence-corrected chi connectivity index (χ4v) is 5.53. The molecule has 1 aliphatic rings. The number of benzene rings is 2. The van der Waals surface area contributed by atoms with Crippen molar-refractivity contribution in [3.63, 3.8) is 0 Å². The van der Waals surface area contributed by atoms with Gasteiger partial charge in [-0.25, -0.2) is 16.8 Å². The van der Waals surface area contributed by atoms with Crippen molar-refractivity contribution in [3.8, 4) is 0 Å². The molecule has 0 bridgehead atoms.